The molecule has 1 heterocycles. The summed E-state index contributed by atoms with van der Waals surface area (Å²) in [5.41, 5.74) is 5.95. The fourth-order valence-electron chi connectivity index (χ4n) is 1.65. The number of rotatable bonds is 4. The largest absolute Gasteiger partial charge is 0.327 e. The summed E-state index contributed by atoms with van der Waals surface area (Å²) in [6.07, 6.45) is 8.04. The van der Waals surface area contributed by atoms with Crippen LogP contribution in [0.4, 0.5) is 0 Å². The van der Waals surface area contributed by atoms with E-state index in [1.54, 1.807) is 0 Å². The van der Waals surface area contributed by atoms with Gasteiger partial charge >= 0.3 is 0 Å². The molecule has 1 rings (SSSR count). The standard InChI is InChI=1S/C10H20N2/c1-2-6-10(11)9-12-7-4-3-5-8-12/h3-4,10H,2,5-9,11H2,1H3. The van der Waals surface area contributed by atoms with Gasteiger partial charge in [-0.15, -0.1) is 0 Å². The van der Waals surface area contributed by atoms with Gasteiger partial charge in [-0.1, -0.05) is 25.5 Å². The van der Waals surface area contributed by atoms with E-state index >= 15 is 0 Å². The van der Waals surface area contributed by atoms with Crippen LogP contribution < -0.4 is 5.73 Å². The molecule has 2 N–H and O–H groups in total. The van der Waals surface area contributed by atoms with Crippen LogP contribution in [0, 0.1) is 0 Å². The summed E-state index contributed by atoms with van der Waals surface area (Å²) >= 11 is 0. The molecule has 0 bridgehead atoms. The molecule has 0 aromatic heterocycles. The third-order valence-electron chi connectivity index (χ3n) is 2.29. The van der Waals surface area contributed by atoms with E-state index in [1.165, 1.54) is 19.4 Å². The van der Waals surface area contributed by atoms with Crippen molar-refractivity contribution in [2.75, 3.05) is 19.6 Å². The van der Waals surface area contributed by atoms with E-state index in [2.05, 4.69) is 24.0 Å². The van der Waals surface area contributed by atoms with Crippen molar-refractivity contribution in [2.45, 2.75) is 32.2 Å². The second-order valence-electron chi connectivity index (χ2n) is 3.57. The molecule has 0 aliphatic carbocycles. The van der Waals surface area contributed by atoms with Gasteiger partial charge in [-0.05, 0) is 12.8 Å². The van der Waals surface area contributed by atoms with Crippen molar-refractivity contribution in [3.05, 3.63) is 12.2 Å². The first kappa shape index (κ1) is 9.75. The highest BCUT2D eigenvalue weighted by molar-refractivity contribution is 4.91. The minimum atomic E-state index is 0.376. The number of nitrogens with two attached hydrogens (primary N) is 1. The minimum Gasteiger partial charge on any atom is -0.327 e. The van der Waals surface area contributed by atoms with Crippen molar-refractivity contribution >= 4 is 0 Å². The molecule has 70 valence electrons. The van der Waals surface area contributed by atoms with Gasteiger partial charge in [-0.25, -0.2) is 0 Å². The summed E-state index contributed by atoms with van der Waals surface area (Å²) in [6.45, 7) is 5.54. The Labute approximate surface area is 75.4 Å². The third kappa shape index (κ3) is 3.37. The smallest absolute Gasteiger partial charge is 0.0167 e. The average molecular weight is 168 g/mol. The number of hydrogen-bond acceptors (Lipinski definition) is 2. The molecule has 1 aliphatic heterocycles. The SMILES string of the molecule is CCCC(N)CN1CC=CCC1. The van der Waals surface area contributed by atoms with Crippen molar-refractivity contribution in [1.82, 2.24) is 4.90 Å². The van der Waals surface area contributed by atoms with Gasteiger partial charge in [0.25, 0.3) is 0 Å². The van der Waals surface area contributed by atoms with Crippen molar-refractivity contribution < 1.29 is 0 Å². The van der Waals surface area contributed by atoms with Gasteiger partial charge in [0, 0.05) is 25.7 Å². The van der Waals surface area contributed by atoms with Gasteiger partial charge in [0.05, 0.1) is 0 Å². The van der Waals surface area contributed by atoms with E-state index in [0.717, 1.165) is 19.5 Å². The van der Waals surface area contributed by atoms with Crippen LogP contribution >= 0.6 is 0 Å². The lowest BCUT2D eigenvalue weighted by atomic mass is 10.1. The van der Waals surface area contributed by atoms with Crippen molar-refractivity contribution in [1.29, 1.82) is 0 Å². The minimum absolute atomic E-state index is 0.376. The Kier molecular flexibility index (Phi) is 4.33. The fraction of sp³-hybridized carbons (Fsp3) is 0.800. The van der Waals surface area contributed by atoms with E-state index < -0.39 is 0 Å². The second-order valence-corrected chi connectivity index (χ2v) is 3.57. The Balaban J connectivity index is 2.16. The van der Waals surface area contributed by atoms with Crippen LogP contribution in [-0.4, -0.2) is 30.6 Å². The van der Waals surface area contributed by atoms with E-state index in [4.69, 9.17) is 5.73 Å². The highest BCUT2D eigenvalue weighted by Crippen LogP contribution is 2.03. The molecule has 0 saturated heterocycles. The van der Waals surface area contributed by atoms with Gasteiger partial charge < -0.3 is 5.73 Å². The monoisotopic (exact) mass is 168 g/mol. The molecule has 0 aromatic rings. The van der Waals surface area contributed by atoms with Crippen LogP contribution in [0.3, 0.4) is 0 Å². The highest BCUT2D eigenvalue weighted by atomic mass is 15.1. The predicted molar refractivity (Wildman–Crippen MR) is 53.1 cm³/mol. The Morgan fingerprint density at radius 3 is 2.92 bits per heavy atom. The lowest BCUT2D eigenvalue weighted by molar-refractivity contribution is 0.273. The van der Waals surface area contributed by atoms with Crippen LogP contribution in [0.2, 0.25) is 0 Å². The topological polar surface area (TPSA) is 29.3 Å². The van der Waals surface area contributed by atoms with Gasteiger partial charge in [0.15, 0.2) is 0 Å². The Morgan fingerprint density at radius 1 is 1.50 bits per heavy atom. The van der Waals surface area contributed by atoms with Gasteiger partial charge in [-0.3, -0.25) is 4.90 Å². The molecule has 1 aliphatic rings. The number of hydrogen-bond donors (Lipinski definition) is 1. The van der Waals surface area contributed by atoms with Crippen LogP contribution in [0.15, 0.2) is 12.2 Å². The van der Waals surface area contributed by atoms with E-state index in [0.29, 0.717) is 6.04 Å². The van der Waals surface area contributed by atoms with Crippen molar-refractivity contribution in [3.63, 3.8) is 0 Å². The van der Waals surface area contributed by atoms with Crippen molar-refractivity contribution in [3.8, 4) is 0 Å². The quantitative estimate of drug-likeness (QED) is 0.642. The Bertz CT molecular complexity index is 143. The first-order valence-corrected chi connectivity index (χ1v) is 4.96. The summed E-state index contributed by atoms with van der Waals surface area (Å²) < 4.78 is 0. The molecule has 2 nitrogen and oxygen atoms in total. The molecular formula is C10H20N2. The summed E-state index contributed by atoms with van der Waals surface area (Å²) in [5, 5.41) is 0. The molecule has 0 saturated carbocycles. The third-order valence-corrected chi connectivity index (χ3v) is 2.29. The zero-order valence-electron chi connectivity index (χ0n) is 8.00. The lowest BCUT2D eigenvalue weighted by Crippen LogP contribution is -2.39. The molecule has 0 radical (unpaired) electrons. The Hall–Kier alpha value is -0.340. The first-order valence-electron chi connectivity index (χ1n) is 4.96. The first-order chi connectivity index (χ1) is 5.83. The lowest BCUT2D eigenvalue weighted by Gasteiger charge is -2.25. The summed E-state index contributed by atoms with van der Waals surface area (Å²) in [4.78, 5) is 2.43. The second kappa shape index (κ2) is 5.33. The summed E-state index contributed by atoms with van der Waals surface area (Å²) in [6, 6.07) is 0.376. The normalized spacial score (nSPS) is 21.2. The summed E-state index contributed by atoms with van der Waals surface area (Å²) in [7, 11) is 0. The summed E-state index contributed by atoms with van der Waals surface area (Å²) in [5.74, 6) is 0. The molecule has 1 unspecified atom stereocenters. The van der Waals surface area contributed by atoms with Crippen LogP contribution in [-0.2, 0) is 0 Å². The maximum Gasteiger partial charge on any atom is 0.0167 e. The molecule has 0 aromatic carbocycles. The molecule has 0 amide bonds. The molecule has 12 heavy (non-hydrogen) atoms. The van der Waals surface area contributed by atoms with E-state index in [9.17, 15) is 0 Å². The molecule has 0 fully saturated rings. The predicted octanol–water partition coefficient (Wildman–Crippen LogP) is 1.38. The van der Waals surface area contributed by atoms with Crippen LogP contribution in [0.1, 0.15) is 26.2 Å². The van der Waals surface area contributed by atoms with E-state index in [1.807, 2.05) is 0 Å². The Morgan fingerprint density at radius 2 is 2.33 bits per heavy atom. The molecule has 1 atom stereocenters. The fourth-order valence-corrected chi connectivity index (χ4v) is 1.65. The van der Waals surface area contributed by atoms with Gasteiger partial charge in [0.1, 0.15) is 0 Å². The number of nitrogens with zero attached hydrogens (tertiary/aromatic N) is 1. The molecule has 2 heteroatoms. The zero-order valence-corrected chi connectivity index (χ0v) is 8.00. The molecular weight excluding hydrogens is 148 g/mol. The maximum absolute atomic E-state index is 5.95. The molecule has 0 spiro atoms. The highest BCUT2D eigenvalue weighted by Gasteiger charge is 2.09. The maximum atomic E-state index is 5.95. The van der Waals surface area contributed by atoms with Gasteiger partial charge in [-0.2, -0.15) is 0 Å². The van der Waals surface area contributed by atoms with Crippen LogP contribution in [0.25, 0.3) is 0 Å². The van der Waals surface area contributed by atoms with Crippen molar-refractivity contribution in [2.24, 2.45) is 5.73 Å². The van der Waals surface area contributed by atoms with Crippen LogP contribution in [0.5, 0.6) is 0 Å². The zero-order chi connectivity index (χ0) is 8.81. The van der Waals surface area contributed by atoms with Gasteiger partial charge in [0.2, 0.25) is 0 Å². The average Bonchev–Trinajstić information content (AvgIpc) is 2.06. The van der Waals surface area contributed by atoms with E-state index in [-0.39, 0.29) is 0 Å².